The maximum atomic E-state index is 13.0. The number of benzene rings is 2. The molecule has 0 spiro atoms. The predicted octanol–water partition coefficient (Wildman–Crippen LogP) is 2.30. The summed E-state index contributed by atoms with van der Waals surface area (Å²) < 4.78 is 52.7. The van der Waals surface area contributed by atoms with Crippen LogP contribution in [0.15, 0.2) is 53.4 Å². The van der Waals surface area contributed by atoms with Crippen molar-refractivity contribution in [3.8, 4) is 0 Å². The Kier molecular flexibility index (Phi) is 4.82. The SMILES string of the molecule is O=C1C[C@H](CNS(=O)(=O)c2ccc(F)cc2)CN1c1ccc(F)cc1. The highest BCUT2D eigenvalue weighted by molar-refractivity contribution is 7.89. The minimum atomic E-state index is -3.77. The van der Waals surface area contributed by atoms with Crippen molar-refractivity contribution in [1.82, 2.24) is 4.72 Å². The standard InChI is InChI=1S/C17H16F2N2O3S/c18-13-1-5-15(6-2-13)21-11-12(9-17(21)22)10-20-25(23,24)16-7-3-14(19)4-8-16/h1-8,12,20H,9-11H2/t12-/m1/s1. The summed E-state index contributed by atoms with van der Waals surface area (Å²) in [5.41, 5.74) is 0.579. The van der Waals surface area contributed by atoms with Gasteiger partial charge in [0.25, 0.3) is 0 Å². The van der Waals surface area contributed by atoms with Crippen molar-refractivity contribution in [2.24, 2.45) is 5.92 Å². The van der Waals surface area contributed by atoms with E-state index < -0.39 is 15.8 Å². The number of halogens is 2. The van der Waals surface area contributed by atoms with E-state index in [1.54, 1.807) is 0 Å². The number of anilines is 1. The Balaban J connectivity index is 1.63. The number of carbonyl (C=O) groups is 1. The van der Waals surface area contributed by atoms with Gasteiger partial charge in [-0.25, -0.2) is 21.9 Å². The lowest BCUT2D eigenvalue weighted by Gasteiger charge is -2.17. The molecule has 1 N–H and O–H groups in total. The van der Waals surface area contributed by atoms with E-state index in [0.29, 0.717) is 12.2 Å². The molecule has 2 aromatic rings. The molecular weight excluding hydrogens is 350 g/mol. The van der Waals surface area contributed by atoms with Crippen LogP contribution in [0.5, 0.6) is 0 Å². The number of sulfonamides is 1. The molecule has 3 rings (SSSR count). The Morgan fingerprint density at radius 2 is 1.56 bits per heavy atom. The van der Waals surface area contributed by atoms with E-state index in [4.69, 9.17) is 0 Å². The highest BCUT2D eigenvalue weighted by atomic mass is 32.2. The zero-order valence-electron chi connectivity index (χ0n) is 13.2. The molecule has 0 bridgehead atoms. The van der Waals surface area contributed by atoms with E-state index >= 15 is 0 Å². The number of rotatable bonds is 5. The Hall–Kier alpha value is -2.32. The van der Waals surface area contributed by atoms with Crippen molar-refractivity contribution in [2.45, 2.75) is 11.3 Å². The Bertz CT molecular complexity index is 868. The molecule has 0 radical (unpaired) electrons. The van der Waals surface area contributed by atoms with Crippen LogP contribution in [0.25, 0.3) is 0 Å². The van der Waals surface area contributed by atoms with E-state index in [1.165, 1.54) is 41.3 Å². The lowest BCUT2D eigenvalue weighted by molar-refractivity contribution is -0.117. The molecule has 5 nitrogen and oxygen atoms in total. The van der Waals surface area contributed by atoms with Crippen molar-refractivity contribution >= 4 is 21.6 Å². The zero-order chi connectivity index (χ0) is 18.0. The fourth-order valence-corrected chi connectivity index (χ4v) is 3.83. The van der Waals surface area contributed by atoms with Gasteiger partial charge in [-0.15, -0.1) is 0 Å². The van der Waals surface area contributed by atoms with Crippen molar-refractivity contribution in [3.05, 3.63) is 60.2 Å². The summed E-state index contributed by atoms with van der Waals surface area (Å²) in [7, 11) is -3.77. The van der Waals surface area contributed by atoms with Crippen LogP contribution in [0.1, 0.15) is 6.42 Å². The van der Waals surface area contributed by atoms with Gasteiger partial charge in [0.15, 0.2) is 0 Å². The first kappa shape index (κ1) is 17.5. The molecule has 2 aromatic carbocycles. The van der Waals surface area contributed by atoms with Crippen molar-refractivity contribution in [3.63, 3.8) is 0 Å². The molecule has 1 amide bonds. The van der Waals surface area contributed by atoms with Crippen LogP contribution < -0.4 is 9.62 Å². The number of nitrogens with zero attached hydrogens (tertiary/aromatic N) is 1. The van der Waals surface area contributed by atoms with Gasteiger partial charge >= 0.3 is 0 Å². The van der Waals surface area contributed by atoms with Crippen LogP contribution in [-0.4, -0.2) is 27.4 Å². The maximum absolute atomic E-state index is 13.0. The lowest BCUT2D eigenvalue weighted by Crippen LogP contribution is -2.31. The van der Waals surface area contributed by atoms with Gasteiger partial charge in [-0.05, 0) is 54.4 Å². The molecule has 8 heteroatoms. The van der Waals surface area contributed by atoms with Gasteiger partial charge < -0.3 is 4.90 Å². The molecule has 0 saturated carbocycles. The maximum Gasteiger partial charge on any atom is 0.240 e. The molecule has 1 heterocycles. The summed E-state index contributed by atoms with van der Waals surface area (Å²) in [5.74, 6) is -1.25. The Morgan fingerprint density at radius 1 is 1.00 bits per heavy atom. The molecule has 1 aliphatic rings. The molecule has 1 atom stereocenters. The number of carbonyl (C=O) groups excluding carboxylic acids is 1. The molecule has 1 saturated heterocycles. The first-order chi connectivity index (χ1) is 11.8. The van der Waals surface area contributed by atoms with Crippen LogP contribution in [0.3, 0.4) is 0 Å². The molecule has 0 aromatic heterocycles. The van der Waals surface area contributed by atoms with Gasteiger partial charge in [-0.1, -0.05) is 0 Å². The second-order valence-corrected chi connectivity index (χ2v) is 7.62. The predicted molar refractivity (Wildman–Crippen MR) is 88.4 cm³/mol. The first-order valence-electron chi connectivity index (χ1n) is 7.66. The van der Waals surface area contributed by atoms with Crippen molar-refractivity contribution in [1.29, 1.82) is 0 Å². The van der Waals surface area contributed by atoms with Gasteiger partial charge in [0, 0.05) is 25.2 Å². The average molecular weight is 366 g/mol. The highest BCUT2D eigenvalue weighted by Crippen LogP contribution is 2.25. The summed E-state index contributed by atoms with van der Waals surface area (Å²) in [5, 5.41) is 0. The fourth-order valence-electron chi connectivity index (χ4n) is 2.71. The topological polar surface area (TPSA) is 66.5 Å². The summed E-state index contributed by atoms with van der Waals surface area (Å²) in [6.07, 6.45) is 0.198. The van der Waals surface area contributed by atoms with Gasteiger partial charge in [0.1, 0.15) is 11.6 Å². The van der Waals surface area contributed by atoms with Crippen LogP contribution in [-0.2, 0) is 14.8 Å². The van der Waals surface area contributed by atoms with Crippen LogP contribution in [0, 0.1) is 17.6 Å². The smallest absolute Gasteiger partial charge is 0.240 e. The van der Waals surface area contributed by atoms with Gasteiger partial charge in [-0.3, -0.25) is 4.79 Å². The molecule has 0 unspecified atom stereocenters. The fraction of sp³-hybridized carbons (Fsp3) is 0.235. The van der Waals surface area contributed by atoms with Crippen molar-refractivity contribution in [2.75, 3.05) is 18.0 Å². The van der Waals surface area contributed by atoms with E-state index in [1.807, 2.05) is 0 Å². The quantitative estimate of drug-likeness (QED) is 0.883. The zero-order valence-corrected chi connectivity index (χ0v) is 14.0. The Labute approximate surface area is 144 Å². The average Bonchev–Trinajstić information content (AvgIpc) is 2.95. The van der Waals surface area contributed by atoms with Gasteiger partial charge in [0.05, 0.1) is 4.90 Å². The summed E-state index contributed by atoms with van der Waals surface area (Å²) >= 11 is 0. The summed E-state index contributed by atoms with van der Waals surface area (Å²) in [4.78, 5) is 13.6. The second-order valence-electron chi connectivity index (χ2n) is 5.86. The summed E-state index contributed by atoms with van der Waals surface area (Å²) in [6, 6.07) is 10.1. The van der Waals surface area contributed by atoms with Crippen LogP contribution in [0.4, 0.5) is 14.5 Å². The van der Waals surface area contributed by atoms with Gasteiger partial charge in [0.2, 0.25) is 15.9 Å². The van der Waals surface area contributed by atoms with Gasteiger partial charge in [-0.2, -0.15) is 0 Å². The van der Waals surface area contributed by atoms with Crippen LogP contribution in [0.2, 0.25) is 0 Å². The molecule has 1 fully saturated rings. The van der Waals surface area contributed by atoms with Crippen LogP contribution >= 0.6 is 0 Å². The molecule has 25 heavy (non-hydrogen) atoms. The van der Waals surface area contributed by atoms with E-state index in [-0.39, 0.29) is 35.5 Å². The molecule has 1 aliphatic heterocycles. The molecular formula is C17H16F2N2O3S. The summed E-state index contributed by atoms with van der Waals surface area (Å²) in [6.45, 7) is 0.430. The minimum Gasteiger partial charge on any atom is -0.312 e. The largest absolute Gasteiger partial charge is 0.312 e. The highest BCUT2D eigenvalue weighted by Gasteiger charge is 2.31. The lowest BCUT2D eigenvalue weighted by atomic mass is 10.1. The minimum absolute atomic E-state index is 0.0337. The number of hydrogen-bond acceptors (Lipinski definition) is 3. The monoisotopic (exact) mass is 366 g/mol. The first-order valence-corrected chi connectivity index (χ1v) is 9.14. The third-order valence-electron chi connectivity index (χ3n) is 4.03. The molecule has 0 aliphatic carbocycles. The van der Waals surface area contributed by atoms with Crippen molar-refractivity contribution < 1.29 is 22.0 Å². The second kappa shape index (κ2) is 6.89. The third-order valence-corrected chi connectivity index (χ3v) is 5.47. The van der Waals surface area contributed by atoms with E-state index in [2.05, 4.69) is 4.72 Å². The molecule has 132 valence electrons. The number of hydrogen-bond donors (Lipinski definition) is 1. The number of amides is 1. The third kappa shape index (κ3) is 4.02. The van der Waals surface area contributed by atoms with E-state index in [9.17, 15) is 22.0 Å². The number of nitrogens with one attached hydrogen (secondary N) is 1. The normalized spacial score (nSPS) is 17.9. The van der Waals surface area contributed by atoms with E-state index in [0.717, 1.165) is 12.1 Å². The Morgan fingerprint density at radius 3 is 2.16 bits per heavy atom.